The van der Waals surface area contributed by atoms with Crippen molar-refractivity contribution in [1.82, 2.24) is 20.1 Å². The maximum atomic E-state index is 12.6. The van der Waals surface area contributed by atoms with Crippen molar-refractivity contribution < 1.29 is 14.3 Å². The Bertz CT molecular complexity index is 1340. The van der Waals surface area contributed by atoms with Crippen LogP contribution in [0.4, 0.5) is 0 Å². The van der Waals surface area contributed by atoms with Gasteiger partial charge >= 0.3 is 0 Å². The number of amides is 1. The molecule has 1 aromatic heterocycles. The Labute approximate surface area is 219 Å². The summed E-state index contributed by atoms with van der Waals surface area (Å²) in [6.07, 6.45) is 0.256. The Morgan fingerprint density at radius 2 is 1.75 bits per heavy atom. The number of rotatable bonds is 10. The van der Waals surface area contributed by atoms with Crippen LogP contribution in [-0.2, 0) is 23.5 Å². The van der Waals surface area contributed by atoms with Gasteiger partial charge in [-0.3, -0.25) is 9.36 Å². The van der Waals surface area contributed by atoms with E-state index in [0.29, 0.717) is 21.8 Å². The Morgan fingerprint density at radius 1 is 0.972 bits per heavy atom. The molecule has 1 amide bonds. The third kappa shape index (κ3) is 6.38. The number of thioether (sulfide) groups is 1. The van der Waals surface area contributed by atoms with Crippen molar-refractivity contribution in [3.63, 3.8) is 0 Å². The van der Waals surface area contributed by atoms with E-state index >= 15 is 0 Å². The fourth-order valence-corrected chi connectivity index (χ4v) is 4.73. The Morgan fingerprint density at radius 3 is 2.50 bits per heavy atom. The number of nitrogens with zero attached hydrogens (tertiary/aromatic N) is 3. The van der Waals surface area contributed by atoms with E-state index in [1.165, 1.54) is 0 Å². The minimum atomic E-state index is -0.108. The average molecular weight is 523 g/mol. The molecule has 186 valence electrons. The van der Waals surface area contributed by atoms with Gasteiger partial charge in [-0.25, -0.2) is 0 Å². The highest BCUT2D eigenvalue weighted by Crippen LogP contribution is 2.29. The van der Waals surface area contributed by atoms with Crippen LogP contribution in [0.5, 0.6) is 11.5 Å². The second kappa shape index (κ2) is 12.0. The van der Waals surface area contributed by atoms with Gasteiger partial charge in [0.2, 0.25) is 5.91 Å². The lowest BCUT2D eigenvalue weighted by atomic mass is 10.1. The smallest absolute Gasteiger partial charge is 0.224 e. The number of carbonyl (C=O) groups is 1. The second-order valence-corrected chi connectivity index (χ2v) is 9.49. The fraction of sp³-hybridized carbons (Fsp3) is 0.222. The summed E-state index contributed by atoms with van der Waals surface area (Å²) in [7, 11) is 3.27. The number of carbonyl (C=O) groups excluding carboxylic acids is 1. The molecule has 0 radical (unpaired) electrons. The van der Waals surface area contributed by atoms with Crippen molar-refractivity contribution in [1.29, 1.82) is 0 Å². The van der Waals surface area contributed by atoms with Gasteiger partial charge in [-0.2, -0.15) is 0 Å². The number of aryl methyl sites for hydroxylation is 1. The van der Waals surface area contributed by atoms with Gasteiger partial charge in [-0.15, -0.1) is 10.2 Å². The minimum absolute atomic E-state index is 0.108. The highest BCUT2D eigenvalue weighted by atomic mass is 35.5. The van der Waals surface area contributed by atoms with E-state index < -0.39 is 0 Å². The molecule has 0 aliphatic rings. The predicted octanol–water partition coefficient (Wildman–Crippen LogP) is 5.40. The molecule has 36 heavy (non-hydrogen) atoms. The molecule has 4 rings (SSSR count). The lowest BCUT2D eigenvalue weighted by molar-refractivity contribution is -0.120. The Hall–Kier alpha value is -3.49. The molecule has 4 aromatic rings. The molecule has 0 saturated carbocycles. The molecule has 3 aromatic carbocycles. The molecule has 0 bridgehead atoms. The molecule has 1 N–H and O–H groups in total. The number of ether oxygens (including phenoxy) is 2. The SMILES string of the molecule is COc1ccc(CC(=O)NCc2nnc(SCc3cccc(OC)c3)n2-c2cc(Cl)ccc2C)cc1. The van der Waals surface area contributed by atoms with E-state index in [1.54, 1.807) is 26.0 Å². The largest absolute Gasteiger partial charge is 0.497 e. The number of halogens is 1. The van der Waals surface area contributed by atoms with Gasteiger partial charge in [-0.1, -0.05) is 53.7 Å². The van der Waals surface area contributed by atoms with Crippen molar-refractivity contribution >= 4 is 29.3 Å². The molecular formula is C27H27ClN4O3S. The van der Waals surface area contributed by atoms with Gasteiger partial charge in [0.25, 0.3) is 0 Å². The molecule has 0 fully saturated rings. The first-order valence-corrected chi connectivity index (χ1v) is 12.7. The molecule has 1 heterocycles. The molecule has 0 saturated heterocycles. The highest BCUT2D eigenvalue weighted by Gasteiger charge is 2.18. The zero-order valence-electron chi connectivity index (χ0n) is 20.3. The van der Waals surface area contributed by atoms with Crippen LogP contribution < -0.4 is 14.8 Å². The fourth-order valence-electron chi connectivity index (χ4n) is 3.65. The van der Waals surface area contributed by atoms with Crippen LogP contribution in [0.3, 0.4) is 0 Å². The number of methoxy groups -OCH3 is 2. The summed E-state index contributed by atoms with van der Waals surface area (Å²) in [6.45, 7) is 2.24. The number of hydrogen-bond acceptors (Lipinski definition) is 6. The maximum Gasteiger partial charge on any atom is 0.224 e. The average Bonchev–Trinajstić information content (AvgIpc) is 3.30. The normalized spacial score (nSPS) is 10.8. The Kier molecular flexibility index (Phi) is 8.51. The van der Waals surface area contributed by atoms with Gasteiger partial charge in [0.05, 0.1) is 32.9 Å². The quantitative estimate of drug-likeness (QED) is 0.281. The van der Waals surface area contributed by atoms with E-state index in [-0.39, 0.29) is 18.9 Å². The first-order valence-electron chi connectivity index (χ1n) is 11.3. The maximum absolute atomic E-state index is 12.6. The van der Waals surface area contributed by atoms with Crippen molar-refractivity contribution in [3.05, 3.63) is 94.3 Å². The predicted molar refractivity (Wildman–Crippen MR) is 142 cm³/mol. The van der Waals surface area contributed by atoms with Crippen LogP contribution in [0.2, 0.25) is 5.02 Å². The molecular weight excluding hydrogens is 496 g/mol. The molecule has 0 aliphatic carbocycles. The number of hydrogen-bond donors (Lipinski definition) is 1. The van der Waals surface area contributed by atoms with E-state index in [1.807, 2.05) is 78.2 Å². The van der Waals surface area contributed by atoms with E-state index in [4.69, 9.17) is 21.1 Å². The van der Waals surface area contributed by atoms with E-state index in [2.05, 4.69) is 15.5 Å². The van der Waals surface area contributed by atoms with E-state index in [0.717, 1.165) is 33.9 Å². The third-order valence-corrected chi connectivity index (χ3v) is 6.82. The van der Waals surface area contributed by atoms with Crippen molar-refractivity contribution in [2.45, 2.75) is 30.8 Å². The van der Waals surface area contributed by atoms with Crippen LogP contribution in [0.25, 0.3) is 5.69 Å². The topological polar surface area (TPSA) is 78.3 Å². The highest BCUT2D eigenvalue weighted by molar-refractivity contribution is 7.98. The molecule has 0 aliphatic heterocycles. The second-order valence-electron chi connectivity index (χ2n) is 8.11. The van der Waals surface area contributed by atoms with Crippen molar-refractivity contribution in [3.8, 4) is 17.2 Å². The zero-order valence-corrected chi connectivity index (χ0v) is 21.9. The summed E-state index contributed by atoms with van der Waals surface area (Å²) in [6, 6.07) is 21.1. The lowest BCUT2D eigenvalue weighted by Crippen LogP contribution is -2.26. The number of nitrogens with one attached hydrogen (secondary N) is 1. The van der Waals surface area contributed by atoms with Crippen LogP contribution in [-0.4, -0.2) is 34.9 Å². The van der Waals surface area contributed by atoms with Crippen LogP contribution in [0.1, 0.15) is 22.5 Å². The summed E-state index contributed by atoms with van der Waals surface area (Å²) in [5, 5.41) is 13.1. The van der Waals surface area contributed by atoms with Crippen molar-refractivity contribution in [2.75, 3.05) is 14.2 Å². The third-order valence-electron chi connectivity index (χ3n) is 5.58. The summed E-state index contributed by atoms with van der Waals surface area (Å²) in [5.74, 6) is 2.75. The molecule has 0 spiro atoms. The van der Waals surface area contributed by atoms with E-state index in [9.17, 15) is 4.79 Å². The number of aromatic nitrogens is 3. The molecule has 0 unspecified atom stereocenters. The van der Waals surface area contributed by atoms with Crippen LogP contribution in [0.15, 0.2) is 71.9 Å². The number of benzene rings is 3. The van der Waals surface area contributed by atoms with Gasteiger partial charge in [0.15, 0.2) is 11.0 Å². The summed E-state index contributed by atoms with van der Waals surface area (Å²) < 4.78 is 12.5. The Balaban J connectivity index is 1.53. The first-order chi connectivity index (χ1) is 17.5. The standard InChI is InChI=1S/C27H27ClN4O3S/c1-18-7-10-21(28)15-24(18)32-25(16-29-26(33)14-19-8-11-22(34-2)12-9-19)30-31-27(32)36-17-20-5-4-6-23(13-20)35-3/h4-13,15H,14,16-17H2,1-3H3,(H,29,33). The summed E-state index contributed by atoms with van der Waals surface area (Å²) in [5.41, 5.74) is 3.90. The van der Waals surface area contributed by atoms with Crippen LogP contribution in [0, 0.1) is 6.92 Å². The van der Waals surface area contributed by atoms with Gasteiger partial charge < -0.3 is 14.8 Å². The van der Waals surface area contributed by atoms with Gasteiger partial charge in [0.1, 0.15) is 11.5 Å². The summed E-state index contributed by atoms with van der Waals surface area (Å²) >= 11 is 7.89. The van der Waals surface area contributed by atoms with Gasteiger partial charge in [0, 0.05) is 10.8 Å². The summed E-state index contributed by atoms with van der Waals surface area (Å²) in [4.78, 5) is 12.6. The zero-order chi connectivity index (χ0) is 25.5. The first kappa shape index (κ1) is 25.6. The molecule has 0 atom stereocenters. The molecule has 9 heteroatoms. The minimum Gasteiger partial charge on any atom is -0.497 e. The van der Waals surface area contributed by atoms with Crippen molar-refractivity contribution in [2.24, 2.45) is 0 Å². The van der Waals surface area contributed by atoms with Gasteiger partial charge in [-0.05, 0) is 60.0 Å². The lowest BCUT2D eigenvalue weighted by Gasteiger charge is -2.14. The molecule has 7 nitrogen and oxygen atoms in total. The monoisotopic (exact) mass is 522 g/mol. The van der Waals surface area contributed by atoms with Crippen LogP contribution >= 0.6 is 23.4 Å².